The molecule has 112 valence electrons. The van der Waals surface area contributed by atoms with Crippen molar-refractivity contribution in [3.8, 4) is 0 Å². The minimum atomic E-state index is -3.01. The van der Waals surface area contributed by atoms with Crippen molar-refractivity contribution in [2.75, 3.05) is 17.3 Å². The van der Waals surface area contributed by atoms with Gasteiger partial charge in [-0.25, -0.2) is 13.4 Å². The highest BCUT2D eigenvalue weighted by Crippen LogP contribution is 2.33. The molecule has 0 saturated carbocycles. The predicted octanol–water partition coefficient (Wildman–Crippen LogP) is 1.57. The summed E-state index contributed by atoms with van der Waals surface area (Å²) in [5, 5.41) is 9.41. The average molecular weight is 326 g/mol. The third-order valence-electron chi connectivity index (χ3n) is 3.46. The Kier molecular flexibility index (Phi) is 3.66. The van der Waals surface area contributed by atoms with Crippen LogP contribution in [0.5, 0.6) is 0 Å². The molecule has 0 bridgehead atoms. The summed E-state index contributed by atoms with van der Waals surface area (Å²) in [6.45, 7) is 0. The lowest BCUT2D eigenvalue weighted by Gasteiger charge is -2.14. The number of aliphatic carboxylic acids is 1. The van der Waals surface area contributed by atoms with E-state index in [4.69, 9.17) is 5.11 Å². The summed E-state index contributed by atoms with van der Waals surface area (Å²) in [7, 11) is -3.01. The van der Waals surface area contributed by atoms with Gasteiger partial charge in [0.05, 0.1) is 34.3 Å². The van der Waals surface area contributed by atoms with Gasteiger partial charge in [-0.3, -0.25) is 4.79 Å². The molecular weight excluding hydrogens is 312 g/mol. The van der Waals surface area contributed by atoms with Gasteiger partial charge in [-0.05, 0) is 18.6 Å². The lowest BCUT2D eigenvalue weighted by Crippen LogP contribution is -2.12. The second-order valence-electron chi connectivity index (χ2n) is 4.99. The lowest BCUT2D eigenvalue weighted by atomic mass is 10.2. The molecule has 1 aliphatic rings. The van der Waals surface area contributed by atoms with Crippen molar-refractivity contribution in [2.24, 2.45) is 0 Å². The second-order valence-corrected chi connectivity index (χ2v) is 8.16. The van der Waals surface area contributed by atoms with Gasteiger partial charge in [-0.15, -0.1) is 0 Å². The number of aromatic nitrogens is 2. The number of para-hydroxylation sites is 2. The Morgan fingerprint density at radius 3 is 2.86 bits per heavy atom. The molecule has 1 aromatic carbocycles. The molecule has 0 spiro atoms. The number of fused-ring (bicyclic) bond motifs is 1. The number of nitrogens with zero attached hydrogens (tertiary/aromatic N) is 2. The van der Waals surface area contributed by atoms with Crippen LogP contribution in [0.15, 0.2) is 29.4 Å². The van der Waals surface area contributed by atoms with Gasteiger partial charge >= 0.3 is 5.97 Å². The lowest BCUT2D eigenvalue weighted by molar-refractivity contribution is -0.133. The Balaban J connectivity index is 2.05. The zero-order valence-corrected chi connectivity index (χ0v) is 12.7. The fraction of sp³-hybridized carbons (Fsp3) is 0.385. The minimum absolute atomic E-state index is 0.0913. The van der Waals surface area contributed by atoms with E-state index in [0.717, 1.165) is 22.8 Å². The zero-order valence-electron chi connectivity index (χ0n) is 11.1. The van der Waals surface area contributed by atoms with Crippen LogP contribution in [0, 0.1) is 0 Å². The highest BCUT2D eigenvalue weighted by molar-refractivity contribution is 7.99. The Bertz CT molecular complexity index is 798. The first-order valence-corrected chi connectivity index (χ1v) is 9.29. The van der Waals surface area contributed by atoms with Crippen molar-refractivity contribution in [3.63, 3.8) is 0 Å². The molecule has 8 heteroatoms. The SMILES string of the molecule is O=C(O)CSc1nc2ccccc2n1C1CCS(=O)(=O)C1. The molecule has 1 aliphatic heterocycles. The number of thioether (sulfide) groups is 1. The van der Waals surface area contributed by atoms with Gasteiger partial charge in [0.15, 0.2) is 15.0 Å². The number of hydrogen-bond donors (Lipinski definition) is 1. The number of rotatable bonds is 4. The van der Waals surface area contributed by atoms with Crippen molar-refractivity contribution in [2.45, 2.75) is 17.6 Å². The first-order valence-electron chi connectivity index (χ1n) is 6.48. The molecule has 3 rings (SSSR count). The third-order valence-corrected chi connectivity index (χ3v) is 6.15. The van der Waals surface area contributed by atoms with Crippen LogP contribution in [-0.2, 0) is 14.6 Å². The van der Waals surface area contributed by atoms with Gasteiger partial charge in [0, 0.05) is 0 Å². The van der Waals surface area contributed by atoms with Gasteiger partial charge in [0.1, 0.15) is 0 Å². The normalized spacial score (nSPS) is 20.9. The monoisotopic (exact) mass is 326 g/mol. The first kappa shape index (κ1) is 14.4. The van der Waals surface area contributed by atoms with Gasteiger partial charge < -0.3 is 9.67 Å². The van der Waals surface area contributed by atoms with Crippen molar-refractivity contribution in [1.82, 2.24) is 9.55 Å². The molecule has 0 amide bonds. The maximum Gasteiger partial charge on any atom is 0.313 e. The summed E-state index contributed by atoms with van der Waals surface area (Å²) in [6.07, 6.45) is 0.545. The molecule has 1 aromatic heterocycles. The summed E-state index contributed by atoms with van der Waals surface area (Å²) >= 11 is 1.13. The van der Waals surface area contributed by atoms with E-state index in [1.54, 1.807) is 0 Å². The van der Waals surface area contributed by atoms with Gasteiger partial charge in [-0.1, -0.05) is 23.9 Å². The first-order chi connectivity index (χ1) is 9.96. The fourth-order valence-electron chi connectivity index (χ4n) is 2.58. The summed E-state index contributed by atoms with van der Waals surface area (Å²) < 4.78 is 25.3. The van der Waals surface area contributed by atoms with Crippen LogP contribution in [-0.4, -0.2) is 46.3 Å². The quantitative estimate of drug-likeness (QED) is 0.858. The smallest absolute Gasteiger partial charge is 0.313 e. The fourth-order valence-corrected chi connectivity index (χ4v) is 5.08. The Hall–Kier alpha value is -1.54. The van der Waals surface area contributed by atoms with E-state index in [0.29, 0.717) is 11.6 Å². The molecule has 2 aromatic rings. The van der Waals surface area contributed by atoms with Crippen LogP contribution >= 0.6 is 11.8 Å². The van der Waals surface area contributed by atoms with Crippen molar-refractivity contribution in [3.05, 3.63) is 24.3 Å². The summed E-state index contributed by atoms with van der Waals surface area (Å²) in [5.41, 5.74) is 1.61. The molecule has 21 heavy (non-hydrogen) atoms. The van der Waals surface area contributed by atoms with Gasteiger partial charge in [-0.2, -0.15) is 0 Å². The predicted molar refractivity (Wildman–Crippen MR) is 80.4 cm³/mol. The number of carbonyl (C=O) groups is 1. The standard InChI is InChI=1S/C13H14N2O4S2/c16-12(17)7-20-13-14-10-3-1-2-4-11(10)15(13)9-5-6-21(18,19)8-9/h1-4,9H,5-8H2,(H,16,17). The van der Waals surface area contributed by atoms with Crippen molar-refractivity contribution in [1.29, 1.82) is 0 Å². The van der Waals surface area contributed by atoms with E-state index in [9.17, 15) is 13.2 Å². The van der Waals surface area contributed by atoms with Crippen LogP contribution in [0.2, 0.25) is 0 Å². The van der Waals surface area contributed by atoms with Crippen LogP contribution in [0.25, 0.3) is 11.0 Å². The van der Waals surface area contributed by atoms with E-state index >= 15 is 0 Å². The van der Waals surface area contributed by atoms with Crippen molar-refractivity contribution < 1.29 is 18.3 Å². The minimum Gasteiger partial charge on any atom is -0.481 e. The van der Waals surface area contributed by atoms with Crippen LogP contribution in [0.4, 0.5) is 0 Å². The molecule has 6 nitrogen and oxygen atoms in total. The highest BCUT2D eigenvalue weighted by atomic mass is 32.2. The number of carboxylic acid groups (broad SMARTS) is 1. The van der Waals surface area contributed by atoms with Crippen LogP contribution in [0.3, 0.4) is 0 Å². The van der Waals surface area contributed by atoms with Crippen molar-refractivity contribution >= 4 is 38.6 Å². The second kappa shape index (κ2) is 5.34. The number of sulfone groups is 1. The Morgan fingerprint density at radius 2 is 2.19 bits per heavy atom. The Labute approximate surface area is 126 Å². The molecule has 1 N–H and O–H groups in total. The topological polar surface area (TPSA) is 89.3 Å². The largest absolute Gasteiger partial charge is 0.481 e. The molecule has 1 unspecified atom stereocenters. The number of hydrogen-bond acceptors (Lipinski definition) is 5. The summed E-state index contributed by atoms with van der Waals surface area (Å²) in [6, 6.07) is 7.29. The van der Waals surface area contributed by atoms with E-state index in [-0.39, 0.29) is 23.3 Å². The van der Waals surface area contributed by atoms with E-state index < -0.39 is 15.8 Å². The molecular formula is C13H14N2O4S2. The maximum atomic E-state index is 11.7. The van der Waals surface area contributed by atoms with Crippen LogP contribution in [0.1, 0.15) is 12.5 Å². The number of imidazole rings is 1. The van der Waals surface area contributed by atoms with E-state index in [1.807, 2.05) is 28.8 Å². The van der Waals surface area contributed by atoms with E-state index in [2.05, 4.69) is 4.98 Å². The highest BCUT2D eigenvalue weighted by Gasteiger charge is 2.31. The van der Waals surface area contributed by atoms with Crippen LogP contribution < -0.4 is 0 Å². The average Bonchev–Trinajstić information content (AvgIpc) is 2.95. The summed E-state index contributed by atoms with van der Waals surface area (Å²) in [4.78, 5) is 15.2. The zero-order chi connectivity index (χ0) is 15.0. The van der Waals surface area contributed by atoms with Gasteiger partial charge in [0.2, 0.25) is 0 Å². The van der Waals surface area contributed by atoms with E-state index in [1.165, 1.54) is 0 Å². The maximum absolute atomic E-state index is 11.7. The third kappa shape index (κ3) is 2.91. The number of benzene rings is 1. The molecule has 1 fully saturated rings. The van der Waals surface area contributed by atoms with Gasteiger partial charge in [0.25, 0.3) is 0 Å². The molecule has 1 saturated heterocycles. The molecule has 0 aliphatic carbocycles. The molecule has 1 atom stereocenters. The molecule has 2 heterocycles. The summed E-state index contributed by atoms with van der Waals surface area (Å²) in [5.74, 6) is -0.748. The number of carboxylic acids is 1. The Morgan fingerprint density at radius 1 is 1.43 bits per heavy atom. The molecule has 0 radical (unpaired) electrons.